The highest BCUT2D eigenvalue weighted by molar-refractivity contribution is 5.77. The summed E-state index contributed by atoms with van der Waals surface area (Å²) in [6.45, 7) is 6.82. The monoisotopic (exact) mass is 264 g/mol. The van der Waals surface area contributed by atoms with Gasteiger partial charge in [0.15, 0.2) is 6.61 Å². The Balaban J connectivity index is 2.55. The van der Waals surface area contributed by atoms with Crippen molar-refractivity contribution >= 4 is 5.91 Å². The molecule has 0 saturated heterocycles. The number of hydrogen-bond donors (Lipinski definition) is 2. The molecule has 0 aliphatic heterocycles. The van der Waals surface area contributed by atoms with E-state index in [1.54, 1.807) is 0 Å². The van der Waals surface area contributed by atoms with Gasteiger partial charge in [-0.2, -0.15) is 0 Å². The van der Waals surface area contributed by atoms with Gasteiger partial charge in [0.05, 0.1) is 0 Å². The number of nitrogens with one attached hydrogen (secondary N) is 1. The SMILES string of the molecule is CC[C@H](N)c1ccccc1OCC(=O)NCC(C)C. The third kappa shape index (κ3) is 5.30. The average molecular weight is 264 g/mol. The van der Waals surface area contributed by atoms with Crippen molar-refractivity contribution in [1.29, 1.82) is 0 Å². The van der Waals surface area contributed by atoms with Gasteiger partial charge in [0.2, 0.25) is 0 Å². The molecule has 19 heavy (non-hydrogen) atoms. The summed E-state index contributed by atoms with van der Waals surface area (Å²) in [5, 5.41) is 2.82. The fraction of sp³-hybridized carbons (Fsp3) is 0.533. The first-order valence-corrected chi connectivity index (χ1v) is 6.78. The highest BCUT2D eigenvalue weighted by Gasteiger charge is 2.11. The molecule has 4 nitrogen and oxygen atoms in total. The van der Waals surface area contributed by atoms with Crippen molar-refractivity contribution in [2.24, 2.45) is 11.7 Å². The molecule has 0 bridgehead atoms. The zero-order chi connectivity index (χ0) is 14.3. The lowest BCUT2D eigenvalue weighted by Gasteiger charge is -2.15. The van der Waals surface area contributed by atoms with Gasteiger partial charge in [-0.1, -0.05) is 39.0 Å². The predicted molar refractivity (Wildman–Crippen MR) is 77.0 cm³/mol. The number of nitrogens with two attached hydrogens (primary N) is 1. The lowest BCUT2D eigenvalue weighted by molar-refractivity contribution is -0.123. The lowest BCUT2D eigenvalue weighted by Crippen LogP contribution is -2.32. The Hall–Kier alpha value is -1.55. The average Bonchev–Trinajstić information content (AvgIpc) is 2.42. The van der Waals surface area contributed by atoms with E-state index in [0.717, 1.165) is 12.0 Å². The number of hydrogen-bond acceptors (Lipinski definition) is 3. The molecule has 0 saturated carbocycles. The number of ether oxygens (including phenoxy) is 1. The maximum Gasteiger partial charge on any atom is 0.257 e. The van der Waals surface area contributed by atoms with Crippen molar-refractivity contribution in [2.75, 3.05) is 13.2 Å². The molecule has 1 aromatic rings. The van der Waals surface area contributed by atoms with Gasteiger partial charge in [0.1, 0.15) is 5.75 Å². The minimum absolute atomic E-state index is 0.0279. The number of carbonyl (C=O) groups excluding carboxylic acids is 1. The zero-order valence-corrected chi connectivity index (χ0v) is 12.0. The summed E-state index contributed by atoms with van der Waals surface area (Å²) in [4.78, 5) is 11.6. The molecule has 0 aromatic heterocycles. The molecule has 1 atom stereocenters. The molecule has 0 heterocycles. The first-order chi connectivity index (χ1) is 9.04. The third-order valence-electron chi connectivity index (χ3n) is 2.82. The van der Waals surface area contributed by atoms with Crippen molar-refractivity contribution in [1.82, 2.24) is 5.32 Å². The van der Waals surface area contributed by atoms with E-state index < -0.39 is 0 Å². The van der Waals surface area contributed by atoms with Crippen LogP contribution in [0.1, 0.15) is 38.8 Å². The Bertz CT molecular complexity index is 405. The van der Waals surface area contributed by atoms with E-state index in [2.05, 4.69) is 19.2 Å². The van der Waals surface area contributed by atoms with E-state index in [0.29, 0.717) is 18.2 Å². The van der Waals surface area contributed by atoms with E-state index in [-0.39, 0.29) is 18.6 Å². The van der Waals surface area contributed by atoms with Gasteiger partial charge in [-0.25, -0.2) is 0 Å². The van der Waals surface area contributed by atoms with Crippen molar-refractivity contribution in [2.45, 2.75) is 33.2 Å². The Kier molecular flexibility index (Phi) is 6.36. The van der Waals surface area contributed by atoms with Crippen LogP contribution in [0.2, 0.25) is 0 Å². The number of rotatable bonds is 7. The second kappa shape index (κ2) is 7.79. The molecule has 0 radical (unpaired) electrons. The van der Waals surface area contributed by atoms with Crippen molar-refractivity contribution < 1.29 is 9.53 Å². The summed E-state index contributed by atoms with van der Waals surface area (Å²) in [7, 11) is 0. The Morgan fingerprint density at radius 3 is 2.68 bits per heavy atom. The Morgan fingerprint density at radius 1 is 1.37 bits per heavy atom. The third-order valence-corrected chi connectivity index (χ3v) is 2.82. The maximum absolute atomic E-state index is 11.6. The second-order valence-corrected chi connectivity index (χ2v) is 5.04. The first kappa shape index (κ1) is 15.5. The molecule has 4 heteroatoms. The molecule has 0 aliphatic carbocycles. The minimum atomic E-state index is -0.103. The molecule has 1 rings (SSSR count). The van der Waals surface area contributed by atoms with E-state index in [4.69, 9.17) is 10.5 Å². The largest absolute Gasteiger partial charge is 0.483 e. The van der Waals surface area contributed by atoms with Crippen LogP contribution < -0.4 is 15.8 Å². The van der Waals surface area contributed by atoms with Crippen LogP contribution in [0.25, 0.3) is 0 Å². The van der Waals surface area contributed by atoms with Crippen molar-refractivity contribution in [3.05, 3.63) is 29.8 Å². The molecular weight excluding hydrogens is 240 g/mol. The predicted octanol–water partition coefficient (Wildman–Crippen LogP) is 2.25. The molecule has 0 unspecified atom stereocenters. The second-order valence-electron chi connectivity index (χ2n) is 5.04. The van der Waals surface area contributed by atoms with Crippen molar-refractivity contribution in [3.8, 4) is 5.75 Å². The number of amides is 1. The molecule has 0 fully saturated rings. The number of benzene rings is 1. The van der Waals surface area contributed by atoms with Crippen LogP contribution in [-0.4, -0.2) is 19.1 Å². The first-order valence-electron chi connectivity index (χ1n) is 6.78. The summed E-state index contributed by atoms with van der Waals surface area (Å²) in [5.74, 6) is 1.02. The van der Waals surface area contributed by atoms with Gasteiger partial charge in [-0.05, 0) is 18.4 Å². The lowest BCUT2D eigenvalue weighted by atomic mass is 10.0. The maximum atomic E-state index is 11.6. The van der Waals surface area contributed by atoms with Gasteiger partial charge in [-0.15, -0.1) is 0 Å². The zero-order valence-electron chi connectivity index (χ0n) is 12.0. The van der Waals surface area contributed by atoms with E-state index in [1.807, 2.05) is 31.2 Å². The van der Waals surface area contributed by atoms with Crippen LogP contribution in [0.3, 0.4) is 0 Å². The standard InChI is InChI=1S/C15H24N2O2/c1-4-13(16)12-7-5-6-8-14(12)19-10-15(18)17-9-11(2)3/h5-8,11,13H,4,9-10,16H2,1-3H3,(H,17,18)/t13-/m0/s1. The molecule has 3 N–H and O–H groups in total. The molecule has 0 spiro atoms. The molecular formula is C15H24N2O2. The summed E-state index contributed by atoms with van der Waals surface area (Å²) in [5.41, 5.74) is 6.97. The minimum Gasteiger partial charge on any atom is -0.483 e. The highest BCUT2D eigenvalue weighted by atomic mass is 16.5. The van der Waals surface area contributed by atoms with Crippen LogP contribution in [-0.2, 0) is 4.79 Å². The fourth-order valence-corrected chi connectivity index (χ4v) is 1.65. The summed E-state index contributed by atoms with van der Waals surface area (Å²) >= 11 is 0. The smallest absolute Gasteiger partial charge is 0.257 e. The van der Waals surface area contributed by atoms with E-state index in [1.165, 1.54) is 0 Å². The topological polar surface area (TPSA) is 64.3 Å². The Morgan fingerprint density at radius 2 is 2.05 bits per heavy atom. The van der Waals surface area contributed by atoms with Crippen molar-refractivity contribution in [3.63, 3.8) is 0 Å². The normalized spacial score (nSPS) is 12.3. The van der Waals surface area contributed by atoms with E-state index >= 15 is 0 Å². The van der Waals surface area contributed by atoms with Crippen LogP contribution in [0.5, 0.6) is 5.75 Å². The summed E-state index contributed by atoms with van der Waals surface area (Å²) in [6.07, 6.45) is 0.833. The van der Waals surface area contributed by atoms with Gasteiger partial charge in [-0.3, -0.25) is 4.79 Å². The van der Waals surface area contributed by atoms with Crippen LogP contribution in [0.4, 0.5) is 0 Å². The van der Waals surface area contributed by atoms with Gasteiger partial charge in [0, 0.05) is 18.2 Å². The van der Waals surface area contributed by atoms with Crippen LogP contribution in [0.15, 0.2) is 24.3 Å². The van der Waals surface area contributed by atoms with Gasteiger partial charge in [0.25, 0.3) is 5.91 Å². The van der Waals surface area contributed by atoms with Crippen LogP contribution in [0, 0.1) is 5.92 Å². The van der Waals surface area contributed by atoms with Crippen LogP contribution >= 0.6 is 0 Å². The Labute approximate surface area is 115 Å². The molecule has 1 amide bonds. The molecule has 106 valence electrons. The molecule has 0 aliphatic rings. The summed E-state index contributed by atoms with van der Waals surface area (Å²) < 4.78 is 5.56. The summed E-state index contributed by atoms with van der Waals surface area (Å²) in [6, 6.07) is 7.54. The van der Waals surface area contributed by atoms with E-state index in [9.17, 15) is 4.79 Å². The number of carbonyl (C=O) groups is 1. The molecule has 1 aromatic carbocycles. The fourth-order valence-electron chi connectivity index (χ4n) is 1.65. The van der Waals surface area contributed by atoms with Gasteiger partial charge >= 0.3 is 0 Å². The quantitative estimate of drug-likeness (QED) is 0.794. The number of para-hydroxylation sites is 1. The van der Waals surface area contributed by atoms with Gasteiger partial charge < -0.3 is 15.8 Å². The highest BCUT2D eigenvalue weighted by Crippen LogP contribution is 2.25.